The lowest BCUT2D eigenvalue weighted by atomic mass is 10.00. The SMILES string of the molecule is COC(=O)C(N)Cc1cc2c(cc1OCC1CC1)CCC2. The third-order valence-electron chi connectivity index (χ3n) is 4.39. The first-order valence-electron chi connectivity index (χ1n) is 7.78. The van der Waals surface area contributed by atoms with E-state index in [-0.39, 0.29) is 5.97 Å². The lowest BCUT2D eigenvalue weighted by Gasteiger charge is -2.16. The van der Waals surface area contributed by atoms with Gasteiger partial charge in [0.05, 0.1) is 13.7 Å². The van der Waals surface area contributed by atoms with Crippen LogP contribution < -0.4 is 10.5 Å². The molecule has 3 rings (SSSR count). The van der Waals surface area contributed by atoms with Crippen LogP contribution in [0.1, 0.15) is 36.0 Å². The summed E-state index contributed by atoms with van der Waals surface area (Å²) in [5.74, 6) is 1.24. The van der Waals surface area contributed by atoms with Gasteiger partial charge < -0.3 is 15.2 Å². The molecule has 0 amide bonds. The van der Waals surface area contributed by atoms with Crippen molar-refractivity contribution in [3.63, 3.8) is 0 Å². The summed E-state index contributed by atoms with van der Waals surface area (Å²) in [6, 6.07) is 3.70. The Morgan fingerprint density at radius 2 is 2.05 bits per heavy atom. The summed E-state index contributed by atoms with van der Waals surface area (Å²) >= 11 is 0. The van der Waals surface area contributed by atoms with Crippen LogP contribution >= 0.6 is 0 Å². The van der Waals surface area contributed by atoms with Crippen molar-refractivity contribution in [2.45, 2.75) is 44.6 Å². The summed E-state index contributed by atoms with van der Waals surface area (Å²) < 4.78 is 10.7. The third-order valence-corrected chi connectivity index (χ3v) is 4.39. The lowest BCUT2D eigenvalue weighted by Crippen LogP contribution is -2.33. The molecule has 4 nitrogen and oxygen atoms in total. The van der Waals surface area contributed by atoms with Crippen molar-refractivity contribution in [2.24, 2.45) is 11.7 Å². The summed E-state index contributed by atoms with van der Waals surface area (Å²) in [6.45, 7) is 0.777. The van der Waals surface area contributed by atoms with Gasteiger partial charge in [0.2, 0.25) is 0 Å². The summed E-state index contributed by atoms with van der Waals surface area (Å²) in [5, 5.41) is 0. The van der Waals surface area contributed by atoms with E-state index in [0.717, 1.165) is 30.8 Å². The second-order valence-corrected chi connectivity index (χ2v) is 6.17. The van der Waals surface area contributed by atoms with Crippen LogP contribution in [0.5, 0.6) is 5.75 Å². The Bertz CT molecular complexity index is 537. The normalized spacial score (nSPS) is 18.2. The second kappa shape index (κ2) is 6.06. The van der Waals surface area contributed by atoms with Gasteiger partial charge >= 0.3 is 5.97 Å². The van der Waals surface area contributed by atoms with E-state index >= 15 is 0 Å². The zero-order chi connectivity index (χ0) is 14.8. The number of carbonyl (C=O) groups is 1. The van der Waals surface area contributed by atoms with Crippen molar-refractivity contribution in [1.29, 1.82) is 0 Å². The molecular weight excluding hydrogens is 266 g/mol. The van der Waals surface area contributed by atoms with Crippen LogP contribution in [0.2, 0.25) is 0 Å². The van der Waals surface area contributed by atoms with Crippen molar-refractivity contribution >= 4 is 5.97 Å². The van der Waals surface area contributed by atoms with Gasteiger partial charge in [0.15, 0.2) is 0 Å². The minimum atomic E-state index is -0.627. The number of aryl methyl sites for hydroxylation is 2. The van der Waals surface area contributed by atoms with Crippen LogP contribution in [0.4, 0.5) is 0 Å². The molecule has 1 saturated carbocycles. The number of methoxy groups -OCH3 is 1. The molecule has 2 aliphatic rings. The topological polar surface area (TPSA) is 61.5 Å². The van der Waals surface area contributed by atoms with E-state index in [9.17, 15) is 4.79 Å². The van der Waals surface area contributed by atoms with E-state index in [1.165, 1.54) is 37.5 Å². The minimum Gasteiger partial charge on any atom is -0.493 e. The van der Waals surface area contributed by atoms with Crippen LogP contribution in [0.15, 0.2) is 12.1 Å². The summed E-state index contributed by atoms with van der Waals surface area (Å²) in [5.41, 5.74) is 9.71. The first kappa shape index (κ1) is 14.4. The van der Waals surface area contributed by atoms with E-state index in [2.05, 4.69) is 12.1 Å². The number of hydrogen-bond donors (Lipinski definition) is 1. The van der Waals surface area contributed by atoms with Gasteiger partial charge in [-0.05, 0) is 60.8 Å². The van der Waals surface area contributed by atoms with E-state index in [1.54, 1.807) is 0 Å². The molecule has 21 heavy (non-hydrogen) atoms. The first-order chi connectivity index (χ1) is 10.2. The zero-order valence-electron chi connectivity index (χ0n) is 12.6. The molecule has 0 bridgehead atoms. The van der Waals surface area contributed by atoms with E-state index in [4.69, 9.17) is 15.2 Å². The highest BCUT2D eigenvalue weighted by Gasteiger charge is 2.24. The lowest BCUT2D eigenvalue weighted by molar-refractivity contribution is -0.142. The molecular formula is C17H23NO3. The molecule has 0 radical (unpaired) electrons. The molecule has 2 aliphatic carbocycles. The van der Waals surface area contributed by atoms with E-state index in [1.807, 2.05) is 0 Å². The van der Waals surface area contributed by atoms with Gasteiger partial charge in [-0.2, -0.15) is 0 Å². The maximum absolute atomic E-state index is 11.5. The fourth-order valence-electron chi connectivity index (χ4n) is 2.91. The van der Waals surface area contributed by atoms with Crippen LogP contribution in [0.25, 0.3) is 0 Å². The molecule has 4 heteroatoms. The third kappa shape index (κ3) is 3.38. The minimum absolute atomic E-state index is 0.372. The number of carbonyl (C=O) groups excluding carboxylic acids is 1. The molecule has 2 N–H and O–H groups in total. The van der Waals surface area contributed by atoms with Gasteiger partial charge in [0, 0.05) is 6.42 Å². The van der Waals surface area contributed by atoms with Crippen molar-refractivity contribution in [1.82, 2.24) is 0 Å². The Balaban J connectivity index is 1.79. The average Bonchev–Trinajstić information content (AvgIpc) is 3.21. The molecule has 0 aromatic heterocycles. The number of fused-ring (bicyclic) bond motifs is 1. The Labute approximate surface area is 125 Å². The summed E-state index contributed by atoms with van der Waals surface area (Å²) in [4.78, 5) is 11.5. The molecule has 114 valence electrons. The Hall–Kier alpha value is -1.55. The predicted molar refractivity (Wildman–Crippen MR) is 80.4 cm³/mol. The predicted octanol–water partition coefficient (Wildman–Crippen LogP) is 2.01. The van der Waals surface area contributed by atoms with Crippen molar-refractivity contribution in [3.05, 3.63) is 28.8 Å². The highest BCUT2D eigenvalue weighted by molar-refractivity contribution is 5.76. The maximum Gasteiger partial charge on any atom is 0.322 e. The van der Waals surface area contributed by atoms with E-state index in [0.29, 0.717) is 12.3 Å². The van der Waals surface area contributed by atoms with Crippen LogP contribution in [0, 0.1) is 5.92 Å². The van der Waals surface area contributed by atoms with Crippen molar-refractivity contribution in [3.8, 4) is 5.75 Å². The van der Waals surface area contributed by atoms with Gasteiger partial charge in [-0.1, -0.05) is 6.07 Å². The molecule has 0 spiro atoms. The highest BCUT2D eigenvalue weighted by atomic mass is 16.5. The number of rotatable bonds is 6. The number of hydrogen-bond acceptors (Lipinski definition) is 4. The van der Waals surface area contributed by atoms with Gasteiger partial charge in [0.25, 0.3) is 0 Å². The van der Waals surface area contributed by atoms with Gasteiger partial charge in [-0.15, -0.1) is 0 Å². The molecule has 1 aromatic carbocycles. The molecule has 0 heterocycles. The monoisotopic (exact) mass is 289 g/mol. The van der Waals surface area contributed by atoms with Crippen molar-refractivity contribution in [2.75, 3.05) is 13.7 Å². The molecule has 1 atom stereocenters. The quantitative estimate of drug-likeness (QED) is 0.814. The molecule has 0 aliphatic heterocycles. The maximum atomic E-state index is 11.5. The molecule has 1 unspecified atom stereocenters. The standard InChI is InChI=1S/C17H23NO3/c1-20-17(19)15(18)8-14-7-12-3-2-4-13(12)9-16(14)21-10-11-5-6-11/h7,9,11,15H,2-6,8,10,18H2,1H3. The largest absolute Gasteiger partial charge is 0.493 e. The van der Waals surface area contributed by atoms with Gasteiger partial charge in [0.1, 0.15) is 11.8 Å². The van der Waals surface area contributed by atoms with Crippen LogP contribution in [0.3, 0.4) is 0 Å². The number of nitrogens with two attached hydrogens (primary N) is 1. The summed E-state index contributed by atoms with van der Waals surface area (Å²) in [6.07, 6.45) is 6.44. The number of benzene rings is 1. The fourth-order valence-corrected chi connectivity index (χ4v) is 2.91. The zero-order valence-corrected chi connectivity index (χ0v) is 12.6. The van der Waals surface area contributed by atoms with Gasteiger partial charge in [-0.3, -0.25) is 4.79 Å². The molecule has 0 saturated heterocycles. The van der Waals surface area contributed by atoms with Crippen LogP contribution in [-0.4, -0.2) is 25.7 Å². The highest BCUT2D eigenvalue weighted by Crippen LogP contribution is 2.34. The first-order valence-corrected chi connectivity index (χ1v) is 7.78. The Morgan fingerprint density at radius 3 is 2.71 bits per heavy atom. The van der Waals surface area contributed by atoms with Gasteiger partial charge in [-0.25, -0.2) is 0 Å². The molecule has 1 fully saturated rings. The van der Waals surface area contributed by atoms with E-state index < -0.39 is 6.04 Å². The van der Waals surface area contributed by atoms with Crippen molar-refractivity contribution < 1.29 is 14.3 Å². The average molecular weight is 289 g/mol. The Morgan fingerprint density at radius 1 is 1.33 bits per heavy atom. The summed E-state index contributed by atoms with van der Waals surface area (Å²) in [7, 11) is 1.37. The number of ether oxygens (including phenoxy) is 2. The molecule has 1 aromatic rings. The second-order valence-electron chi connectivity index (χ2n) is 6.17. The van der Waals surface area contributed by atoms with Crippen LogP contribution in [-0.2, 0) is 28.8 Å². The smallest absolute Gasteiger partial charge is 0.322 e. The fraction of sp³-hybridized carbons (Fsp3) is 0.588. The Kier molecular flexibility index (Phi) is 4.15. The number of esters is 1.